The summed E-state index contributed by atoms with van der Waals surface area (Å²) in [6.45, 7) is 0. The normalized spacial score (nSPS) is 11.2. The summed E-state index contributed by atoms with van der Waals surface area (Å²) in [5.74, 6) is -0.0302. The van der Waals surface area contributed by atoms with Crippen LogP contribution in [0.2, 0.25) is 10.0 Å². The third-order valence-electron chi connectivity index (χ3n) is 6.20. The molecule has 0 radical (unpaired) electrons. The molecule has 12 nitrogen and oxygen atoms in total. The third kappa shape index (κ3) is 9.39. The Balaban J connectivity index is 1.12. The number of urea groups is 2. The van der Waals surface area contributed by atoms with Crippen molar-refractivity contribution in [1.29, 1.82) is 0 Å². The molecule has 0 unspecified atom stereocenters. The molecule has 0 aromatic heterocycles. The summed E-state index contributed by atoms with van der Waals surface area (Å²) in [5, 5.41) is 11.2. The summed E-state index contributed by atoms with van der Waals surface area (Å²) in [4.78, 5) is 25.0. The zero-order chi connectivity index (χ0) is 34.3. The fourth-order valence-corrected chi connectivity index (χ4v) is 6.12. The fraction of sp³-hybridized carbons (Fsp3) is 0. The average Bonchev–Trinajstić information content (AvgIpc) is 3.02. The van der Waals surface area contributed by atoms with Crippen molar-refractivity contribution in [1.82, 2.24) is 0 Å². The minimum absolute atomic E-state index is 0.0151. The lowest BCUT2D eigenvalue weighted by Gasteiger charge is -2.12. The molecule has 0 aliphatic rings. The molecule has 0 aliphatic carbocycles. The van der Waals surface area contributed by atoms with Crippen LogP contribution in [0.25, 0.3) is 0 Å². The first-order chi connectivity index (χ1) is 22.8. The summed E-state index contributed by atoms with van der Waals surface area (Å²) >= 11 is 11.6. The van der Waals surface area contributed by atoms with E-state index in [-0.39, 0.29) is 32.7 Å². The topological polar surface area (TPSA) is 169 Å². The Morgan fingerprint density at radius 1 is 0.458 bits per heavy atom. The van der Waals surface area contributed by atoms with Crippen LogP contribution >= 0.6 is 23.2 Å². The van der Waals surface area contributed by atoms with Gasteiger partial charge in [0.15, 0.2) is 0 Å². The lowest BCUT2D eigenvalue weighted by molar-refractivity contribution is 0.261. The monoisotopic (exact) mass is 726 g/mol. The smallest absolute Gasteiger partial charge is 0.339 e. The molecule has 0 fully saturated rings. The van der Waals surface area contributed by atoms with E-state index in [1.165, 1.54) is 84.9 Å². The number of halogens is 2. The molecule has 5 aromatic carbocycles. The van der Waals surface area contributed by atoms with Gasteiger partial charge in [0.05, 0.1) is 0 Å². The zero-order valence-corrected chi connectivity index (χ0v) is 27.5. The molecule has 0 saturated heterocycles. The first kappa shape index (κ1) is 34.1. The van der Waals surface area contributed by atoms with Crippen LogP contribution in [0.15, 0.2) is 131 Å². The van der Waals surface area contributed by atoms with Crippen LogP contribution in [0.4, 0.5) is 32.3 Å². The number of carbonyl (C=O) groups excluding carboxylic acids is 2. The van der Waals surface area contributed by atoms with Gasteiger partial charge in [0.25, 0.3) is 0 Å². The van der Waals surface area contributed by atoms with E-state index < -0.39 is 32.3 Å². The minimum Gasteiger partial charge on any atom is -0.379 e. The molecule has 48 heavy (non-hydrogen) atoms. The predicted octanol–water partition coefficient (Wildman–Crippen LogP) is 7.82. The number of amides is 4. The summed E-state index contributed by atoms with van der Waals surface area (Å²) in [7, 11) is -8.25. The number of hydrogen-bond donors (Lipinski definition) is 4. The molecular formula is C32H24Cl2N4O8S2. The van der Waals surface area contributed by atoms with E-state index in [1.807, 2.05) is 0 Å². The Morgan fingerprint density at radius 3 is 1.15 bits per heavy atom. The number of rotatable bonds is 10. The van der Waals surface area contributed by atoms with Gasteiger partial charge < -0.3 is 29.6 Å². The van der Waals surface area contributed by atoms with Crippen LogP contribution in [-0.2, 0) is 20.2 Å². The summed E-state index contributed by atoms with van der Waals surface area (Å²) in [6, 6.07) is 27.6. The summed E-state index contributed by atoms with van der Waals surface area (Å²) < 4.78 is 60.6. The third-order valence-corrected chi connectivity index (χ3v) is 9.23. The SMILES string of the molecule is O=C(Nc1ccc(NC(=O)Nc2cccc(OS(=O)(=O)c3ccc(Cl)cc3)c2)cc1)Nc1cccc(OS(=O)(=O)c2ccc(Cl)cc2)c1. The van der Waals surface area contributed by atoms with Crippen molar-refractivity contribution in [2.75, 3.05) is 21.3 Å². The maximum absolute atomic E-state index is 12.6. The average molecular weight is 728 g/mol. The second-order valence-corrected chi connectivity index (χ2v) is 13.7. The number of anilines is 4. The van der Waals surface area contributed by atoms with Crippen LogP contribution in [0.3, 0.4) is 0 Å². The molecule has 0 bridgehead atoms. The van der Waals surface area contributed by atoms with E-state index in [9.17, 15) is 26.4 Å². The Kier molecular flexibility index (Phi) is 10.4. The molecule has 0 atom stereocenters. The predicted molar refractivity (Wildman–Crippen MR) is 183 cm³/mol. The van der Waals surface area contributed by atoms with Gasteiger partial charge in [0.2, 0.25) is 0 Å². The number of carbonyl (C=O) groups is 2. The lowest BCUT2D eigenvalue weighted by atomic mass is 10.2. The van der Waals surface area contributed by atoms with Crippen LogP contribution in [-0.4, -0.2) is 28.9 Å². The molecule has 0 spiro atoms. The largest absolute Gasteiger partial charge is 0.379 e. The van der Waals surface area contributed by atoms with E-state index in [4.69, 9.17) is 31.6 Å². The number of nitrogens with one attached hydrogen (secondary N) is 4. The van der Waals surface area contributed by atoms with Crippen LogP contribution < -0.4 is 29.6 Å². The van der Waals surface area contributed by atoms with Gasteiger partial charge in [-0.1, -0.05) is 35.3 Å². The van der Waals surface area contributed by atoms with E-state index in [1.54, 1.807) is 36.4 Å². The maximum Gasteiger partial charge on any atom is 0.339 e. The molecule has 4 amide bonds. The zero-order valence-electron chi connectivity index (χ0n) is 24.4. The Labute approximate surface area is 285 Å². The van der Waals surface area contributed by atoms with Crippen molar-refractivity contribution < 1.29 is 34.8 Å². The Morgan fingerprint density at radius 2 is 0.792 bits per heavy atom. The van der Waals surface area contributed by atoms with Crippen LogP contribution in [0.1, 0.15) is 0 Å². The Bertz CT molecular complexity index is 2010. The summed E-state index contributed by atoms with van der Waals surface area (Å²) in [6.07, 6.45) is 0. The van der Waals surface area contributed by atoms with Crippen molar-refractivity contribution in [3.63, 3.8) is 0 Å². The van der Waals surface area contributed by atoms with E-state index in [0.717, 1.165) is 0 Å². The second kappa shape index (κ2) is 14.6. The van der Waals surface area contributed by atoms with E-state index in [2.05, 4.69) is 21.3 Å². The molecule has 4 N–H and O–H groups in total. The lowest BCUT2D eigenvalue weighted by Crippen LogP contribution is -2.20. The van der Waals surface area contributed by atoms with Gasteiger partial charge in [-0.05, 0) is 97.1 Å². The van der Waals surface area contributed by atoms with Gasteiger partial charge in [-0.15, -0.1) is 0 Å². The van der Waals surface area contributed by atoms with Crippen molar-refractivity contribution in [2.45, 2.75) is 9.79 Å². The molecule has 16 heteroatoms. The molecule has 0 aliphatic heterocycles. The van der Waals surface area contributed by atoms with Gasteiger partial charge >= 0.3 is 32.3 Å². The maximum atomic E-state index is 12.6. The fourth-order valence-electron chi connectivity index (χ4n) is 4.03. The molecule has 0 saturated carbocycles. The van der Waals surface area contributed by atoms with Gasteiger partial charge in [-0.3, -0.25) is 0 Å². The van der Waals surface area contributed by atoms with Crippen molar-refractivity contribution in [2.24, 2.45) is 0 Å². The minimum atomic E-state index is -4.13. The molecule has 246 valence electrons. The quantitative estimate of drug-likeness (QED) is 0.106. The van der Waals surface area contributed by atoms with Gasteiger partial charge in [0.1, 0.15) is 21.3 Å². The molecule has 0 heterocycles. The molecular weight excluding hydrogens is 703 g/mol. The highest BCUT2D eigenvalue weighted by atomic mass is 35.5. The van der Waals surface area contributed by atoms with Crippen molar-refractivity contribution in [3.8, 4) is 11.5 Å². The highest BCUT2D eigenvalue weighted by Crippen LogP contribution is 2.25. The van der Waals surface area contributed by atoms with Crippen molar-refractivity contribution in [3.05, 3.63) is 131 Å². The first-order valence-corrected chi connectivity index (χ1v) is 17.3. The van der Waals surface area contributed by atoms with Gasteiger partial charge in [-0.2, -0.15) is 16.8 Å². The second-order valence-electron chi connectivity index (χ2n) is 9.77. The van der Waals surface area contributed by atoms with E-state index >= 15 is 0 Å². The van der Waals surface area contributed by atoms with Gasteiger partial charge in [-0.25, -0.2) is 9.59 Å². The number of benzene rings is 5. The highest BCUT2D eigenvalue weighted by molar-refractivity contribution is 7.87. The highest BCUT2D eigenvalue weighted by Gasteiger charge is 2.18. The van der Waals surface area contributed by atoms with Crippen LogP contribution in [0.5, 0.6) is 11.5 Å². The Hall–Kier alpha value is -5.28. The standard InChI is InChI=1S/C32H24Cl2N4O8S2/c33-21-7-15-29(16-8-21)47(41,42)45-27-5-1-3-25(19-27)37-31(39)35-23-11-13-24(14-12-23)36-32(40)38-26-4-2-6-28(20-26)46-48(43,44)30-17-9-22(34)10-18-30/h1-20H,(H2,35,37,39)(H2,36,38,40). The van der Waals surface area contributed by atoms with Gasteiger partial charge in [0, 0.05) is 44.9 Å². The molecule has 5 aromatic rings. The van der Waals surface area contributed by atoms with Crippen molar-refractivity contribution >= 4 is 78.2 Å². The molecule has 5 rings (SSSR count). The van der Waals surface area contributed by atoms with E-state index in [0.29, 0.717) is 21.4 Å². The first-order valence-electron chi connectivity index (χ1n) is 13.7. The number of hydrogen-bond acceptors (Lipinski definition) is 8. The summed E-state index contributed by atoms with van der Waals surface area (Å²) in [5.41, 5.74) is 1.32. The van der Waals surface area contributed by atoms with Crippen LogP contribution in [0, 0.1) is 0 Å².